The highest BCUT2D eigenvalue weighted by Gasteiger charge is 2.28. The van der Waals surface area contributed by atoms with Crippen LogP contribution >= 0.6 is 0 Å². The van der Waals surface area contributed by atoms with E-state index in [1.54, 1.807) is 14.2 Å². The minimum Gasteiger partial charge on any atom is -0.382 e. The molecule has 0 amide bonds. The van der Waals surface area contributed by atoms with Gasteiger partial charge in [0.2, 0.25) is 0 Å². The van der Waals surface area contributed by atoms with Crippen molar-refractivity contribution in [2.45, 2.75) is 78.3 Å². The average molecular weight is 395 g/mol. The smallest absolute Gasteiger partial charge is 0.0704 e. The van der Waals surface area contributed by atoms with Crippen LogP contribution in [-0.4, -0.2) is 74.0 Å². The lowest BCUT2D eigenvalue weighted by atomic mass is 9.85. The number of hydrazone groups is 2. The number of nitrogens with zero attached hydrogens (tertiary/aromatic N) is 4. The van der Waals surface area contributed by atoms with E-state index in [9.17, 15) is 0 Å². The summed E-state index contributed by atoms with van der Waals surface area (Å²) >= 11 is 0. The molecule has 2 heterocycles. The third-order valence-corrected chi connectivity index (χ3v) is 6.45. The molecule has 0 spiro atoms. The van der Waals surface area contributed by atoms with Crippen LogP contribution in [0.5, 0.6) is 0 Å². The van der Waals surface area contributed by atoms with Gasteiger partial charge in [0.05, 0.1) is 25.3 Å². The Kier molecular flexibility index (Phi) is 9.72. The van der Waals surface area contributed by atoms with Gasteiger partial charge in [-0.15, -0.1) is 0 Å². The van der Waals surface area contributed by atoms with Crippen molar-refractivity contribution in [3.8, 4) is 0 Å². The molecular formula is C22H42N4O2. The van der Waals surface area contributed by atoms with Crippen molar-refractivity contribution in [2.75, 3.05) is 40.5 Å². The minimum atomic E-state index is 0.385. The van der Waals surface area contributed by atoms with Crippen molar-refractivity contribution in [2.24, 2.45) is 22.0 Å². The molecule has 28 heavy (non-hydrogen) atoms. The lowest BCUT2D eigenvalue weighted by molar-refractivity contribution is 0.117. The standard InChI is InChI=1S/C22H42N4O2/c1-7-21(23-25-13-9-11-19(25)15-27-5)17(3)18(4)22(8-2)24-26-14-10-12-20(26)16-28-6/h17-20H,7-16H2,1-6H3/b23-21+,24-22+/t17-,18-,19-,20-/m0/s1. The van der Waals surface area contributed by atoms with Gasteiger partial charge in [-0.1, -0.05) is 27.7 Å². The molecule has 4 atom stereocenters. The van der Waals surface area contributed by atoms with Crippen LogP contribution in [0.25, 0.3) is 0 Å². The molecule has 0 aliphatic carbocycles. The molecule has 0 bridgehead atoms. The van der Waals surface area contributed by atoms with Crippen molar-refractivity contribution in [1.82, 2.24) is 10.0 Å². The lowest BCUT2D eigenvalue weighted by Gasteiger charge is -2.28. The van der Waals surface area contributed by atoms with E-state index in [4.69, 9.17) is 19.7 Å². The summed E-state index contributed by atoms with van der Waals surface area (Å²) in [5, 5.41) is 14.7. The van der Waals surface area contributed by atoms with Crippen LogP contribution in [0.2, 0.25) is 0 Å². The predicted molar refractivity (Wildman–Crippen MR) is 117 cm³/mol. The molecule has 162 valence electrons. The maximum Gasteiger partial charge on any atom is 0.0704 e. The zero-order valence-electron chi connectivity index (χ0n) is 19.0. The Balaban J connectivity index is 2.11. The largest absolute Gasteiger partial charge is 0.382 e. The van der Waals surface area contributed by atoms with E-state index in [0.717, 1.165) is 39.1 Å². The highest BCUT2D eigenvalue weighted by molar-refractivity contribution is 5.94. The van der Waals surface area contributed by atoms with E-state index in [1.807, 2.05) is 0 Å². The Morgan fingerprint density at radius 1 is 0.821 bits per heavy atom. The third kappa shape index (κ3) is 5.93. The summed E-state index contributed by atoms with van der Waals surface area (Å²) in [6, 6.07) is 0.848. The van der Waals surface area contributed by atoms with Gasteiger partial charge in [0.1, 0.15) is 0 Å². The summed E-state index contributed by atoms with van der Waals surface area (Å²) in [5.41, 5.74) is 2.57. The van der Waals surface area contributed by atoms with E-state index >= 15 is 0 Å². The quantitative estimate of drug-likeness (QED) is 0.497. The van der Waals surface area contributed by atoms with Crippen LogP contribution in [0.4, 0.5) is 0 Å². The van der Waals surface area contributed by atoms with E-state index < -0.39 is 0 Å². The van der Waals surface area contributed by atoms with Crippen molar-refractivity contribution in [1.29, 1.82) is 0 Å². The number of methoxy groups -OCH3 is 2. The molecule has 0 aromatic rings. The van der Waals surface area contributed by atoms with Gasteiger partial charge in [0.15, 0.2) is 0 Å². The van der Waals surface area contributed by atoms with Gasteiger partial charge in [-0.25, -0.2) is 0 Å². The van der Waals surface area contributed by atoms with Crippen LogP contribution in [-0.2, 0) is 9.47 Å². The topological polar surface area (TPSA) is 49.7 Å². The first-order valence-corrected chi connectivity index (χ1v) is 11.2. The van der Waals surface area contributed by atoms with E-state index in [-0.39, 0.29) is 0 Å². The van der Waals surface area contributed by atoms with Crippen LogP contribution in [0.1, 0.15) is 66.2 Å². The Morgan fingerprint density at radius 3 is 1.54 bits per heavy atom. The number of hydrogen-bond donors (Lipinski definition) is 0. The number of rotatable bonds is 11. The maximum absolute atomic E-state index is 5.39. The zero-order chi connectivity index (χ0) is 20.5. The van der Waals surface area contributed by atoms with Crippen LogP contribution in [0.3, 0.4) is 0 Å². The fourth-order valence-corrected chi connectivity index (χ4v) is 4.50. The fraction of sp³-hybridized carbons (Fsp3) is 0.909. The van der Waals surface area contributed by atoms with Crippen LogP contribution in [0, 0.1) is 11.8 Å². The highest BCUT2D eigenvalue weighted by Crippen LogP contribution is 2.25. The lowest BCUT2D eigenvalue weighted by Crippen LogP contribution is -2.34. The van der Waals surface area contributed by atoms with E-state index in [0.29, 0.717) is 23.9 Å². The first-order valence-electron chi connectivity index (χ1n) is 11.2. The second kappa shape index (κ2) is 11.8. The molecule has 0 unspecified atom stereocenters. The molecule has 6 nitrogen and oxygen atoms in total. The van der Waals surface area contributed by atoms with Gasteiger partial charge in [0.25, 0.3) is 0 Å². The number of hydrogen-bond acceptors (Lipinski definition) is 6. The Morgan fingerprint density at radius 2 is 1.21 bits per heavy atom. The van der Waals surface area contributed by atoms with Gasteiger partial charge < -0.3 is 9.47 Å². The van der Waals surface area contributed by atoms with Crippen LogP contribution < -0.4 is 0 Å². The van der Waals surface area contributed by atoms with Gasteiger partial charge in [-0.05, 0) is 38.5 Å². The Hall–Kier alpha value is -1.14. The molecule has 2 aliphatic rings. The van der Waals surface area contributed by atoms with Crippen molar-refractivity contribution in [3.63, 3.8) is 0 Å². The first kappa shape index (κ1) is 23.1. The van der Waals surface area contributed by atoms with Gasteiger partial charge in [0, 0.05) is 50.6 Å². The first-order chi connectivity index (χ1) is 13.5. The molecular weight excluding hydrogens is 352 g/mol. The maximum atomic E-state index is 5.39. The summed E-state index contributed by atoms with van der Waals surface area (Å²) in [5.74, 6) is 0.770. The minimum absolute atomic E-state index is 0.385. The molecule has 0 radical (unpaired) electrons. The fourth-order valence-electron chi connectivity index (χ4n) is 4.50. The monoisotopic (exact) mass is 394 g/mol. The molecule has 2 rings (SSSR count). The Bertz CT molecular complexity index is 477. The molecule has 0 aromatic carbocycles. The second-order valence-corrected chi connectivity index (χ2v) is 8.30. The van der Waals surface area contributed by atoms with Crippen molar-refractivity contribution in [3.05, 3.63) is 0 Å². The zero-order valence-corrected chi connectivity index (χ0v) is 19.0. The van der Waals surface area contributed by atoms with Crippen LogP contribution in [0.15, 0.2) is 10.2 Å². The van der Waals surface area contributed by atoms with Crippen molar-refractivity contribution < 1.29 is 9.47 Å². The molecule has 0 aromatic heterocycles. The molecule has 0 saturated carbocycles. The highest BCUT2D eigenvalue weighted by atomic mass is 16.5. The SMILES string of the molecule is CC/C(=N\N1CCC[C@H]1COC)[C@@H](C)[C@H](C)/C(CC)=N/N1CCC[C@H]1COC. The Labute approximate surface area is 172 Å². The summed E-state index contributed by atoms with van der Waals surface area (Å²) < 4.78 is 10.8. The van der Waals surface area contributed by atoms with Gasteiger partial charge >= 0.3 is 0 Å². The van der Waals surface area contributed by atoms with E-state index in [1.165, 1.54) is 37.1 Å². The summed E-state index contributed by atoms with van der Waals surface area (Å²) in [6.07, 6.45) is 6.72. The van der Waals surface area contributed by atoms with E-state index in [2.05, 4.69) is 37.7 Å². The summed E-state index contributed by atoms with van der Waals surface area (Å²) in [7, 11) is 3.57. The average Bonchev–Trinajstić information content (AvgIpc) is 3.33. The molecule has 2 saturated heterocycles. The molecule has 6 heteroatoms. The third-order valence-electron chi connectivity index (χ3n) is 6.45. The van der Waals surface area contributed by atoms with Gasteiger partial charge in [-0.2, -0.15) is 10.2 Å². The van der Waals surface area contributed by atoms with Gasteiger partial charge in [-0.3, -0.25) is 10.0 Å². The predicted octanol–water partition coefficient (Wildman–Crippen LogP) is 4.01. The van der Waals surface area contributed by atoms with Crippen molar-refractivity contribution >= 4 is 11.4 Å². The molecule has 2 fully saturated rings. The second-order valence-electron chi connectivity index (χ2n) is 8.30. The summed E-state index contributed by atoms with van der Waals surface area (Å²) in [4.78, 5) is 0. The normalized spacial score (nSPS) is 26.2. The summed E-state index contributed by atoms with van der Waals surface area (Å²) in [6.45, 7) is 12.7. The molecule has 2 aliphatic heterocycles. The number of ether oxygens (including phenoxy) is 2. The molecule has 0 N–H and O–H groups in total.